The summed E-state index contributed by atoms with van der Waals surface area (Å²) in [5.74, 6) is -4.95. The summed E-state index contributed by atoms with van der Waals surface area (Å²) in [5, 5.41) is 56.3. The number of carbonyl (C=O) groups excluding carboxylic acids is 1. The fourth-order valence-electron chi connectivity index (χ4n) is 6.54. The van der Waals surface area contributed by atoms with Crippen LogP contribution in [-0.2, 0) is 31.3 Å². The number of carbonyl (C=O) groups is 2. The van der Waals surface area contributed by atoms with Gasteiger partial charge in [-0.2, -0.15) is 13.2 Å². The van der Waals surface area contributed by atoms with Crippen LogP contribution in [0.1, 0.15) is 35.6 Å². The Hall–Kier alpha value is -4.45. The molecule has 3 aromatic rings. The smallest absolute Gasteiger partial charge is 0.405 e. The van der Waals surface area contributed by atoms with Gasteiger partial charge in [-0.25, -0.2) is 4.79 Å². The number of amides is 1. The SMILES string of the molecule is CC(=O)N[C@H]1[C@H]([C@H](O)[C@H](O)CO)O[C@@](Oc2ccc3c(c2)Oc2cc(NCC(F)(F)F)ccc2C32OCc3ccccc32)(C(=O)O)C[C@@H]1O. The van der Waals surface area contributed by atoms with Crippen LogP contribution in [0.3, 0.4) is 0 Å². The van der Waals surface area contributed by atoms with Crippen molar-refractivity contribution >= 4 is 17.6 Å². The van der Waals surface area contributed by atoms with Crippen molar-refractivity contribution in [2.75, 3.05) is 18.5 Å². The van der Waals surface area contributed by atoms with Crippen molar-refractivity contribution in [3.05, 3.63) is 82.9 Å². The lowest BCUT2D eigenvalue weighted by atomic mass is 9.77. The van der Waals surface area contributed by atoms with Crippen LogP contribution in [0.25, 0.3) is 0 Å². The minimum Gasteiger partial charge on any atom is -0.476 e. The van der Waals surface area contributed by atoms with Crippen LogP contribution in [0.15, 0.2) is 60.7 Å². The van der Waals surface area contributed by atoms with E-state index in [0.717, 1.165) is 18.1 Å². The molecular weight excluding hydrogens is 657 g/mol. The first-order chi connectivity index (χ1) is 23.2. The molecule has 16 heteroatoms. The summed E-state index contributed by atoms with van der Waals surface area (Å²) in [6.07, 6.45) is -12.5. The Morgan fingerprint density at radius 3 is 2.41 bits per heavy atom. The van der Waals surface area contributed by atoms with Gasteiger partial charge < -0.3 is 55.1 Å². The number of aliphatic hydroxyl groups excluding tert-OH is 4. The molecule has 6 rings (SSSR count). The second-order valence-electron chi connectivity index (χ2n) is 12.0. The number of nitrogens with one attached hydrogen (secondary N) is 2. The number of hydrogen-bond donors (Lipinski definition) is 7. The number of benzene rings is 3. The fraction of sp³-hybridized carbons (Fsp3) is 0.394. The van der Waals surface area contributed by atoms with E-state index in [1.54, 1.807) is 12.1 Å². The first kappa shape index (κ1) is 34.4. The number of aliphatic hydroxyl groups is 4. The highest BCUT2D eigenvalue weighted by atomic mass is 19.4. The summed E-state index contributed by atoms with van der Waals surface area (Å²) in [6.45, 7) is -0.918. The Kier molecular flexibility index (Phi) is 8.98. The van der Waals surface area contributed by atoms with Crippen molar-refractivity contribution in [3.63, 3.8) is 0 Å². The lowest BCUT2D eigenvalue weighted by Crippen LogP contribution is -2.68. The Balaban J connectivity index is 1.40. The van der Waals surface area contributed by atoms with Crippen LogP contribution in [-0.4, -0.2) is 93.0 Å². The zero-order chi connectivity index (χ0) is 35.3. The maximum atomic E-state index is 13.0. The van der Waals surface area contributed by atoms with Crippen molar-refractivity contribution < 1.29 is 67.2 Å². The van der Waals surface area contributed by atoms with Crippen LogP contribution in [0.2, 0.25) is 0 Å². The molecule has 1 spiro atoms. The number of alkyl halides is 3. The van der Waals surface area contributed by atoms with Gasteiger partial charge in [-0.15, -0.1) is 0 Å². The van der Waals surface area contributed by atoms with E-state index in [-0.39, 0.29) is 29.5 Å². The molecule has 1 amide bonds. The highest BCUT2D eigenvalue weighted by Crippen LogP contribution is 2.57. The van der Waals surface area contributed by atoms with Crippen molar-refractivity contribution in [1.29, 1.82) is 0 Å². The Labute approximate surface area is 276 Å². The molecule has 262 valence electrons. The minimum absolute atomic E-state index is 0.106. The van der Waals surface area contributed by atoms with E-state index in [1.165, 1.54) is 24.3 Å². The summed E-state index contributed by atoms with van der Waals surface area (Å²) in [5.41, 5.74) is 1.47. The van der Waals surface area contributed by atoms with E-state index >= 15 is 0 Å². The predicted molar refractivity (Wildman–Crippen MR) is 162 cm³/mol. The molecule has 1 fully saturated rings. The molecule has 0 aromatic heterocycles. The maximum Gasteiger partial charge on any atom is 0.405 e. The standard InChI is InChI=1S/C33H33F3N2O11/c1-16(40)38-27-23(41)12-31(30(44)45,49-29(27)28(43)24(42)13-39)48-19-7-9-22-26(11-19)47-25-10-18(37-15-32(34,35)36)6-8-21(25)33(22)20-5-3-2-4-17(20)14-46-33/h2-11,23-24,27-29,37,39,41-43H,12-15H2,1H3,(H,38,40)(H,44,45)/t23-,24+,27+,28+,29+,31+,33?/m0/s1. The quantitative estimate of drug-likeness (QED) is 0.173. The van der Waals surface area contributed by atoms with Gasteiger partial charge >= 0.3 is 17.9 Å². The largest absolute Gasteiger partial charge is 0.476 e. The van der Waals surface area contributed by atoms with E-state index in [4.69, 9.17) is 18.9 Å². The maximum absolute atomic E-state index is 13.0. The average Bonchev–Trinajstić information content (AvgIpc) is 3.43. The average molecular weight is 691 g/mol. The second kappa shape index (κ2) is 12.8. The molecule has 0 saturated carbocycles. The van der Waals surface area contributed by atoms with Crippen molar-refractivity contribution in [3.8, 4) is 17.2 Å². The van der Waals surface area contributed by atoms with Gasteiger partial charge in [0, 0.05) is 35.9 Å². The number of ether oxygens (including phenoxy) is 4. The number of aliphatic carboxylic acids is 1. The molecular formula is C33H33F3N2O11. The van der Waals surface area contributed by atoms with E-state index in [9.17, 15) is 48.3 Å². The summed E-state index contributed by atoms with van der Waals surface area (Å²) in [4.78, 5) is 24.6. The molecule has 0 radical (unpaired) electrons. The Morgan fingerprint density at radius 2 is 1.73 bits per heavy atom. The highest BCUT2D eigenvalue weighted by molar-refractivity contribution is 5.77. The van der Waals surface area contributed by atoms with Crippen LogP contribution in [0, 0.1) is 0 Å². The van der Waals surface area contributed by atoms with Gasteiger partial charge in [0.1, 0.15) is 42.1 Å². The first-order valence-electron chi connectivity index (χ1n) is 15.2. The fourth-order valence-corrected chi connectivity index (χ4v) is 6.54. The topological polar surface area (TPSA) is 196 Å². The second-order valence-corrected chi connectivity index (χ2v) is 12.0. The molecule has 13 nitrogen and oxygen atoms in total. The molecule has 1 saturated heterocycles. The van der Waals surface area contributed by atoms with E-state index in [2.05, 4.69) is 10.6 Å². The molecule has 3 heterocycles. The summed E-state index contributed by atoms with van der Waals surface area (Å²) in [7, 11) is 0. The zero-order valence-corrected chi connectivity index (χ0v) is 25.8. The van der Waals surface area contributed by atoms with Gasteiger partial charge in [0.2, 0.25) is 5.91 Å². The van der Waals surface area contributed by atoms with Crippen LogP contribution in [0.4, 0.5) is 18.9 Å². The van der Waals surface area contributed by atoms with Crippen LogP contribution < -0.4 is 20.1 Å². The monoisotopic (exact) mass is 690 g/mol. The Morgan fingerprint density at radius 1 is 1.04 bits per heavy atom. The number of fused-ring (bicyclic) bond motifs is 6. The van der Waals surface area contributed by atoms with Gasteiger partial charge in [-0.05, 0) is 35.4 Å². The normalized spacial score (nSPS) is 26.8. The number of hydrogen-bond acceptors (Lipinski definition) is 11. The summed E-state index contributed by atoms with van der Waals surface area (Å²) in [6, 6.07) is 14.8. The molecule has 0 aliphatic carbocycles. The molecule has 0 bridgehead atoms. The van der Waals surface area contributed by atoms with Gasteiger partial charge in [0.15, 0.2) is 5.60 Å². The number of halogens is 3. The minimum atomic E-state index is -4.48. The number of carboxylic acids is 1. The van der Waals surface area contributed by atoms with E-state index in [1.807, 2.05) is 24.3 Å². The lowest BCUT2D eigenvalue weighted by molar-refractivity contribution is -0.284. The molecule has 7 N–H and O–H groups in total. The third kappa shape index (κ3) is 6.26. The van der Waals surface area contributed by atoms with Crippen molar-refractivity contribution in [1.82, 2.24) is 5.32 Å². The zero-order valence-electron chi connectivity index (χ0n) is 25.8. The molecule has 3 aromatic carbocycles. The molecule has 7 atom stereocenters. The predicted octanol–water partition coefficient (Wildman–Crippen LogP) is 2.12. The Bertz CT molecular complexity index is 1760. The third-order valence-electron chi connectivity index (χ3n) is 8.72. The lowest BCUT2D eigenvalue weighted by Gasteiger charge is -2.46. The molecule has 3 aliphatic heterocycles. The van der Waals surface area contributed by atoms with E-state index in [0.29, 0.717) is 11.1 Å². The van der Waals surface area contributed by atoms with Gasteiger partial charge in [0.25, 0.3) is 0 Å². The van der Waals surface area contributed by atoms with Crippen molar-refractivity contribution in [2.45, 2.75) is 68.0 Å². The first-order valence-corrected chi connectivity index (χ1v) is 15.2. The highest BCUT2D eigenvalue weighted by Gasteiger charge is 2.57. The van der Waals surface area contributed by atoms with Crippen molar-refractivity contribution in [2.24, 2.45) is 0 Å². The summed E-state index contributed by atoms with van der Waals surface area (Å²) < 4.78 is 63.2. The molecule has 49 heavy (non-hydrogen) atoms. The third-order valence-corrected chi connectivity index (χ3v) is 8.72. The van der Waals surface area contributed by atoms with Gasteiger partial charge in [0.05, 0.1) is 31.8 Å². The number of carboxylic acid groups (broad SMARTS) is 1. The number of rotatable bonds is 9. The summed E-state index contributed by atoms with van der Waals surface area (Å²) >= 11 is 0. The van der Waals surface area contributed by atoms with Gasteiger partial charge in [-0.3, -0.25) is 4.79 Å². The molecule has 3 aliphatic rings. The molecule has 1 unspecified atom stereocenters. The van der Waals surface area contributed by atoms with Gasteiger partial charge in [-0.1, -0.05) is 24.3 Å². The van der Waals surface area contributed by atoms with E-state index < -0.39 is 79.5 Å². The van der Waals surface area contributed by atoms with Crippen LogP contribution >= 0.6 is 0 Å². The number of anilines is 1. The van der Waals surface area contributed by atoms with Crippen LogP contribution in [0.5, 0.6) is 17.2 Å².